The van der Waals surface area contributed by atoms with Gasteiger partial charge in [-0.2, -0.15) is 0 Å². The molecule has 0 aliphatic rings. The highest BCUT2D eigenvalue weighted by Crippen LogP contribution is 2.14. The zero-order valence-corrected chi connectivity index (χ0v) is 11.7. The highest BCUT2D eigenvalue weighted by atomic mass is 15.0. The van der Waals surface area contributed by atoms with Crippen LogP contribution in [0.25, 0.3) is 0 Å². The van der Waals surface area contributed by atoms with Crippen molar-refractivity contribution in [2.24, 2.45) is 0 Å². The van der Waals surface area contributed by atoms with Crippen molar-refractivity contribution in [2.75, 3.05) is 5.32 Å². The van der Waals surface area contributed by atoms with Crippen LogP contribution in [0.3, 0.4) is 0 Å². The number of pyridine rings is 1. The lowest BCUT2D eigenvalue weighted by atomic mass is 10.1. The largest absolute Gasteiger partial charge is 0.364 e. The summed E-state index contributed by atoms with van der Waals surface area (Å²) in [6.07, 6.45) is 4.43. The van der Waals surface area contributed by atoms with Crippen molar-refractivity contribution >= 4 is 5.82 Å². The molecule has 0 bridgehead atoms. The molecule has 0 fully saturated rings. The Morgan fingerprint density at radius 1 is 1.21 bits per heavy atom. The number of hydrogen-bond acceptors (Lipinski definition) is 4. The number of aromatic nitrogens is 3. The van der Waals surface area contributed by atoms with Crippen molar-refractivity contribution < 1.29 is 0 Å². The van der Waals surface area contributed by atoms with Crippen LogP contribution in [0.4, 0.5) is 5.82 Å². The summed E-state index contributed by atoms with van der Waals surface area (Å²) in [6, 6.07) is 6.09. The molecule has 2 aromatic heterocycles. The molecule has 0 saturated carbocycles. The third-order valence-electron chi connectivity index (χ3n) is 3.08. The maximum absolute atomic E-state index is 4.42. The first-order valence-electron chi connectivity index (χ1n) is 6.69. The molecule has 4 nitrogen and oxygen atoms in total. The van der Waals surface area contributed by atoms with Crippen molar-refractivity contribution in [3.63, 3.8) is 0 Å². The Labute approximate surface area is 114 Å². The van der Waals surface area contributed by atoms with Gasteiger partial charge in [-0.3, -0.25) is 4.98 Å². The Hall–Kier alpha value is -1.97. The second-order valence-corrected chi connectivity index (χ2v) is 4.80. The van der Waals surface area contributed by atoms with E-state index in [2.05, 4.69) is 47.1 Å². The van der Waals surface area contributed by atoms with E-state index in [0.717, 1.165) is 23.6 Å². The van der Waals surface area contributed by atoms with E-state index in [0.29, 0.717) is 12.5 Å². The van der Waals surface area contributed by atoms with Crippen LogP contribution in [0.15, 0.2) is 30.7 Å². The highest BCUT2D eigenvalue weighted by molar-refractivity contribution is 5.37. The number of nitrogens with one attached hydrogen (secondary N) is 1. The molecule has 0 radical (unpaired) electrons. The smallest absolute Gasteiger partial charge is 0.129 e. The molecular formula is C15H20N4. The molecule has 0 aliphatic heterocycles. The molecule has 0 saturated heterocycles. The van der Waals surface area contributed by atoms with Gasteiger partial charge >= 0.3 is 0 Å². The molecule has 100 valence electrons. The molecule has 1 N–H and O–H groups in total. The van der Waals surface area contributed by atoms with Crippen molar-refractivity contribution in [3.05, 3.63) is 47.7 Å². The quantitative estimate of drug-likeness (QED) is 0.892. The first-order valence-corrected chi connectivity index (χ1v) is 6.69. The van der Waals surface area contributed by atoms with Crippen molar-refractivity contribution in [1.29, 1.82) is 0 Å². The van der Waals surface area contributed by atoms with Crippen LogP contribution >= 0.6 is 0 Å². The molecular weight excluding hydrogens is 236 g/mol. The average Bonchev–Trinajstić information content (AvgIpc) is 2.45. The fourth-order valence-electron chi connectivity index (χ4n) is 1.91. The number of anilines is 1. The maximum atomic E-state index is 4.42. The van der Waals surface area contributed by atoms with Gasteiger partial charge in [0.05, 0.1) is 12.2 Å². The minimum Gasteiger partial charge on any atom is -0.364 e. The number of hydrogen-bond donors (Lipinski definition) is 1. The van der Waals surface area contributed by atoms with Crippen molar-refractivity contribution in [2.45, 2.75) is 39.7 Å². The van der Waals surface area contributed by atoms with Crippen LogP contribution in [0, 0.1) is 0 Å². The molecule has 0 amide bonds. The van der Waals surface area contributed by atoms with E-state index in [1.807, 2.05) is 18.3 Å². The zero-order chi connectivity index (χ0) is 13.7. The Morgan fingerprint density at radius 3 is 2.79 bits per heavy atom. The van der Waals surface area contributed by atoms with Gasteiger partial charge in [-0.05, 0) is 24.0 Å². The fraction of sp³-hybridized carbons (Fsp3) is 0.400. The Kier molecular flexibility index (Phi) is 4.44. The Balaban J connectivity index is 2.08. The van der Waals surface area contributed by atoms with Crippen LogP contribution in [0.1, 0.15) is 43.6 Å². The topological polar surface area (TPSA) is 50.7 Å². The minimum atomic E-state index is 0.407. The number of rotatable bonds is 5. The predicted octanol–water partition coefficient (Wildman–Crippen LogP) is 3.17. The number of aryl methyl sites for hydroxylation is 1. The first-order chi connectivity index (χ1) is 9.20. The molecule has 4 heteroatoms. The summed E-state index contributed by atoms with van der Waals surface area (Å²) in [7, 11) is 0. The fourth-order valence-corrected chi connectivity index (χ4v) is 1.91. The molecule has 0 aliphatic carbocycles. The summed E-state index contributed by atoms with van der Waals surface area (Å²) in [5.41, 5.74) is 3.40. The highest BCUT2D eigenvalue weighted by Gasteiger charge is 2.05. The molecule has 0 unspecified atom stereocenters. The number of nitrogens with zero attached hydrogens (tertiary/aromatic N) is 3. The van der Waals surface area contributed by atoms with Gasteiger partial charge in [0, 0.05) is 18.0 Å². The second kappa shape index (κ2) is 6.27. The summed E-state index contributed by atoms with van der Waals surface area (Å²) in [4.78, 5) is 12.9. The standard InChI is InChI=1S/C15H20N4/c1-4-12-6-5-7-16-14(12)9-17-15-8-13(11(2)3)18-10-19-15/h5-8,10-11H,4,9H2,1-3H3,(H,17,18,19). The van der Waals surface area contributed by atoms with Crippen LogP contribution < -0.4 is 5.32 Å². The predicted molar refractivity (Wildman–Crippen MR) is 77.1 cm³/mol. The van der Waals surface area contributed by atoms with E-state index in [4.69, 9.17) is 0 Å². The van der Waals surface area contributed by atoms with E-state index < -0.39 is 0 Å². The summed E-state index contributed by atoms with van der Waals surface area (Å²) in [6.45, 7) is 7.08. The van der Waals surface area contributed by atoms with Crippen LogP contribution in [0.5, 0.6) is 0 Å². The Bertz CT molecular complexity index is 537. The van der Waals surface area contributed by atoms with E-state index >= 15 is 0 Å². The van der Waals surface area contributed by atoms with Crippen LogP contribution in [0.2, 0.25) is 0 Å². The molecule has 2 rings (SSSR count). The molecule has 0 aromatic carbocycles. The minimum absolute atomic E-state index is 0.407. The third kappa shape index (κ3) is 3.50. The lowest BCUT2D eigenvalue weighted by Gasteiger charge is -2.10. The summed E-state index contributed by atoms with van der Waals surface area (Å²) < 4.78 is 0. The molecule has 2 heterocycles. The normalized spacial score (nSPS) is 10.7. The van der Waals surface area contributed by atoms with E-state index in [-0.39, 0.29) is 0 Å². The third-order valence-corrected chi connectivity index (χ3v) is 3.08. The van der Waals surface area contributed by atoms with Gasteiger partial charge in [0.2, 0.25) is 0 Å². The monoisotopic (exact) mass is 256 g/mol. The maximum Gasteiger partial charge on any atom is 0.129 e. The molecule has 0 atom stereocenters. The van der Waals surface area contributed by atoms with Gasteiger partial charge in [-0.15, -0.1) is 0 Å². The SMILES string of the molecule is CCc1cccnc1CNc1cc(C(C)C)ncn1. The van der Waals surface area contributed by atoms with Crippen LogP contribution in [-0.2, 0) is 13.0 Å². The summed E-state index contributed by atoms with van der Waals surface area (Å²) in [5.74, 6) is 1.26. The molecule has 19 heavy (non-hydrogen) atoms. The van der Waals surface area contributed by atoms with Crippen LogP contribution in [-0.4, -0.2) is 15.0 Å². The lowest BCUT2D eigenvalue weighted by molar-refractivity contribution is 0.813. The second-order valence-electron chi connectivity index (χ2n) is 4.80. The summed E-state index contributed by atoms with van der Waals surface area (Å²) >= 11 is 0. The van der Waals surface area contributed by atoms with E-state index in [1.165, 1.54) is 5.56 Å². The van der Waals surface area contributed by atoms with Gasteiger partial charge in [-0.1, -0.05) is 26.8 Å². The average molecular weight is 256 g/mol. The van der Waals surface area contributed by atoms with Crippen molar-refractivity contribution in [3.8, 4) is 0 Å². The lowest BCUT2D eigenvalue weighted by Crippen LogP contribution is -2.07. The van der Waals surface area contributed by atoms with Gasteiger partial charge in [0.15, 0.2) is 0 Å². The van der Waals surface area contributed by atoms with Crippen molar-refractivity contribution in [1.82, 2.24) is 15.0 Å². The van der Waals surface area contributed by atoms with E-state index in [1.54, 1.807) is 6.33 Å². The molecule has 0 spiro atoms. The van der Waals surface area contributed by atoms with Gasteiger partial charge in [0.25, 0.3) is 0 Å². The zero-order valence-electron chi connectivity index (χ0n) is 11.7. The molecule has 2 aromatic rings. The Morgan fingerprint density at radius 2 is 2.05 bits per heavy atom. The van der Waals surface area contributed by atoms with E-state index in [9.17, 15) is 0 Å². The first kappa shape index (κ1) is 13.5. The summed E-state index contributed by atoms with van der Waals surface area (Å²) in [5, 5.41) is 3.32. The van der Waals surface area contributed by atoms with Gasteiger partial charge in [0.1, 0.15) is 12.1 Å². The van der Waals surface area contributed by atoms with Gasteiger partial charge in [-0.25, -0.2) is 9.97 Å². The van der Waals surface area contributed by atoms with Gasteiger partial charge < -0.3 is 5.32 Å².